The third-order valence-corrected chi connectivity index (χ3v) is 4.17. The van der Waals surface area contributed by atoms with E-state index in [-0.39, 0.29) is 6.09 Å². The molecule has 1 amide bonds. The monoisotopic (exact) mass is 347 g/mol. The van der Waals surface area contributed by atoms with E-state index >= 15 is 0 Å². The van der Waals surface area contributed by atoms with E-state index in [0.29, 0.717) is 31.2 Å². The number of amides is 1. The van der Waals surface area contributed by atoms with Gasteiger partial charge in [0.05, 0.1) is 12.2 Å². The lowest BCUT2D eigenvalue weighted by Gasteiger charge is -2.31. The van der Waals surface area contributed by atoms with Crippen LogP contribution in [0.4, 0.5) is 15.7 Å². The first-order valence-electron chi connectivity index (χ1n) is 7.82. The number of carbonyl (C=O) groups is 1. The summed E-state index contributed by atoms with van der Waals surface area (Å²) < 4.78 is 5.48. The molecular formula is C16H21N5O2S. The molecular weight excluding hydrogens is 326 g/mol. The first-order valence-corrected chi connectivity index (χ1v) is 8.70. The molecule has 0 spiro atoms. The molecule has 24 heavy (non-hydrogen) atoms. The highest BCUT2D eigenvalue weighted by Gasteiger charge is 2.28. The summed E-state index contributed by atoms with van der Waals surface area (Å²) in [6.07, 6.45) is 2.11. The fraction of sp³-hybridized carbons (Fsp3) is 0.500. The fourth-order valence-electron chi connectivity index (χ4n) is 2.51. The molecule has 0 bridgehead atoms. The minimum atomic E-state index is -0.511. The second kappa shape index (κ2) is 6.35. The Labute approximate surface area is 145 Å². The Morgan fingerprint density at radius 2 is 2.17 bits per heavy atom. The van der Waals surface area contributed by atoms with Crippen molar-refractivity contribution in [2.75, 3.05) is 11.9 Å². The quantitative estimate of drug-likeness (QED) is 0.898. The molecule has 0 radical (unpaired) electrons. The molecule has 0 saturated heterocycles. The number of ether oxygens (including phenoxy) is 1. The number of hydrogen-bond acceptors (Lipinski definition) is 7. The van der Waals surface area contributed by atoms with Gasteiger partial charge in [0.2, 0.25) is 0 Å². The summed E-state index contributed by atoms with van der Waals surface area (Å²) in [6.45, 7) is 8.49. The normalized spacial score (nSPS) is 14.2. The maximum Gasteiger partial charge on any atom is 0.410 e. The van der Waals surface area contributed by atoms with Crippen molar-refractivity contribution in [1.29, 1.82) is 0 Å². The Bertz CT molecular complexity index is 740. The van der Waals surface area contributed by atoms with Gasteiger partial charge in [0, 0.05) is 30.1 Å². The molecule has 7 nitrogen and oxygen atoms in total. The Morgan fingerprint density at radius 1 is 1.38 bits per heavy atom. The van der Waals surface area contributed by atoms with Gasteiger partial charge in [-0.15, -0.1) is 11.3 Å². The maximum atomic E-state index is 12.4. The molecule has 0 aliphatic carbocycles. The standard InChI is InChI=1S/C16H21N5O2S/c1-10-18-12-5-7-21(15(22)23-16(2,3)4)9-11(12)13(19-10)20-14-17-6-8-24-14/h6,8H,5,7,9H2,1-4H3,(H,17,18,19,20). The lowest BCUT2D eigenvalue weighted by molar-refractivity contribution is 0.0223. The topological polar surface area (TPSA) is 80.2 Å². The highest BCUT2D eigenvalue weighted by atomic mass is 32.1. The van der Waals surface area contributed by atoms with Crippen molar-refractivity contribution < 1.29 is 9.53 Å². The van der Waals surface area contributed by atoms with Crippen LogP contribution in [0, 0.1) is 6.92 Å². The lowest BCUT2D eigenvalue weighted by Crippen LogP contribution is -2.40. The number of anilines is 2. The molecule has 1 N–H and O–H groups in total. The van der Waals surface area contributed by atoms with E-state index in [1.54, 1.807) is 11.1 Å². The van der Waals surface area contributed by atoms with Crippen LogP contribution in [0.1, 0.15) is 37.9 Å². The first kappa shape index (κ1) is 16.6. The summed E-state index contributed by atoms with van der Waals surface area (Å²) in [7, 11) is 0. The maximum absolute atomic E-state index is 12.4. The van der Waals surface area contributed by atoms with Crippen molar-refractivity contribution in [1.82, 2.24) is 19.9 Å². The van der Waals surface area contributed by atoms with Gasteiger partial charge in [-0.3, -0.25) is 0 Å². The summed E-state index contributed by atoms with van der Waals surface area (Å²) in [5.74, 6) is 1.42. The van der Waals surface area contributed by atoms with Gasteiger partial charge in [-0.25, -0.2) is 19.7 Å². The molecule has 0 fully saturated rings. The number of carbonyl (C=O) groups excluding carboxylic acids is 1. The van der Waals surface area contributed by atoms with Crippen LogP contribution in [0.5, 0.6) is 0 Å². The zero-order valence-corrected chi connectivity index (χ0v) is 15.1. The lowest BCUT2D eigenvalue weighted by atomic mass is 10.1. The zero-order valence-electron chi connectivity index (χ0n) is 14.3. The summed E-state index contributed by atoms with van der Waals surface area (Å²) in [6, 6.07) is 0. The molecule has 0 unspecified atom stereocenters. The van der Waals surface area contributed by atoms with Crippen LogP contribution in [-0.4, -0.2) is 38.1 Å². The molecule has 8 heteroatoms. The highest BCUT2D eigenvalue weighted by molar-refractivity contribution is 7.13. The molecule has 2 aromatic rings. The molecule has 1 aliphatic heterocycles. The summed E-state index contributed by atoms with van der Waals surface area (Å²) in [5.41, 5.74) is 1.39. The minimum absolute atomic E-state index is 0.311. The number of aromatic nitrogens is 3. The van der Waals surface area contributed by atoms with Gasteiger partial charge in [0.15, 0.2) is 5.13 Å². The predicted octanol–water partition coefficient (Wildman–Crippen LogP) is 3.28. The predicted molar refractivity (Wildman–Crippen MR) is 92.5 cm³/mol. The van der Waals surface area contributed by atoms with Gasteiger partial charge >= 0.3 is 6.09 Å². The molecule has 3 heterocycles. The van der Waals surface area contributed by atoms with E-state index < -0.39 is 5.60 Å². The summed E-state index contributed by atoms with van der Waals surface area (Å²) >= 11 is 1.50. The van der Waals surface area contributed by atoms with E-state index in [4.69, 9.17) is 4.74 Å². The first-order chi connectivity index (χ1) is 11.3. The van der Waals surface area contributed by atoms with Crippen LogP contribution < -0.4 is 5.32 Å². The molecule has 128 valence electrons. The van der Waals surface area contributed by atoms with Gasteiger partial charge in [-0.05, 0) is 27.7 Å². The molecule has 0 aromatic carbocycles. The van der Waals surface area contributed by atoms with Crippen LogP contribution in [-0.2, 0) is 17.7 Å². The summed E-state index contributed by atoms with van der Waals surface area (Å²) in [5, 5.41) is 5.90. The van der Waals surface area contributed by atoms with E-state index in [9.17, 15) is 4.79 Å². The van der Waals surface area contributed by atoms with E-state index in [0.717, 1.165) is 16.4 Å². The van der Waals surface area contributed by atoms with Crippen LogP contribution in [0.3, 0.4) is 0 Å². The smallest absolute Gasteiger partial charge is 0.410 e. The SMILES string of the molecule is Cc1nc2c(c(Nc3nccs3)n1)CN(C(=O)OC(C)(C)C)CC2. The Balaban J connectivity index is 1.85. The number of nitrogens with one attached hydrogen (secondary N) is 1. The van der Waals surface area contributed by atoms with Crippen LogP contribution in [0.2, 0.25) is 0 Å². The Hall–Kier alpha value is -2.22. The van der Waals surface area contributed by atoms with Crippen LogP contribution in [0.15, 0.2) is 11.6 Å². The molecule has 0 saturated carbocycles. The van der Waals surface area contributed by atoms with Gasteiger partial charge in [-0.2, -0.15) is 0 Å². The number of hydrogen-bond donors (Lipinski definition) is 1. The van der Waals surface area contributed by atoms with E-state index in [1.807, 2.05) is 33.1 Å². The molecule has 2 aromatic heterocycles. The molecule has 0 atom stereocenters. The van der Waals surface area contributed by atoms with Gasteiger partial charge in [-0.1, -0.05) is 0 Å². The van der Waals surface area contributed by atoms with Crippen molar-refractivity contribution in [3.63, 3.8) is 0 Å². The number of aryl methyl sites for hydroxylation is 1. The van der Waals surface area contributed by atoms with Crippen molar-refractivity contribution >= 4 is 28.4 Å². The van der Waals surface area contributed by atoms with Crippen molar-refractivity contribution in [3.05, 3.63) is 28.7 Å². The average Bonchev–Trinajstić information content (AvgIpc) is 2.98. The van der Waals surface area contributed by atoms with Crippen molar-refractivity contribution in [2.24, 2.45) is 0 Å². The van der Waals surface area contributed by atoms with E-state index in [2.05, 4.69) is 20.3 Å². The third kappa shape index (κ3) is 3.81. The highest BCUT2D eigenvalue weighted by Crippen LogP contribution is 2.28. The second-order valence-corrected chi connectivity index (χ2v) is 7.55. The number of nitrogens with zero attached hydrogens (tertiary/aromatic N) is 4. The second-order valence-electron chi connectivity index (χ2n) is 6.66. The van der Waals surface area contributed by atoms with E-state index in [1.165, 1.54) is 11.3 Å². The number of thiazole rings is 1. The van der Waals surface area contributed by atoms with Crippen LogP contribution >= 0.6 is 11.3 Å². The van der Waals surface area contributed by atoms with Crippen molar-refractivity contribution in [2.45, 2.75) is 46.3 Å². The molecule has 1 aliphatic rings. The van der Waals surface area contributed by atoms with Gasteiger partial charge in [0.1, 0.15) is 17.2 Å². The number of rotatable bonds is 2. The van der Waals surface area contributed by atoms with Crippen molar-refractivity contribution in [3.8, 4) is 0 Å². The van der Waals surface area contributed by atoms with Crippen LogP contribution in [0.25, 0.3) is 0 Å². The minimum Gasteiger partial charge on any atom is -0.444 e. The Morgan fingerprint density at radius 3 is 2.83 bits per heavy atom. The average molecular weight is 347 g/mol. The zero-order chi connectivity index (χ0) is 17.3. The van der Waals surface area contributed by atoms with Gasteiger partial charge < -0.3 is 15.0 Å². The fourth-order valence-corrected chi connectivity index (χ4v) is 3.04. The number of fused-ring (bicyclic) bond motifs is 1. The largest absolute Gasteiger partial charge is 0.444 e. The van der Waals surface area contributed by atoms with Gasteiger partial charge in [0.25, 0.3) is 0 Å². The molecule has 3 rings (SSSR count). The third-order valence-electron chi connectivity index (χ3n) is 3.48. The Kier molecular flexibility index (Phi) is 4.40. The summed E-state index contributed by atoms with van der Waals surface area (Å²) in [4.78, 5) is 27.3.